The Kier molecular flexibility index (Phi) is 8.79. The number of nitrogens with one attached hydrogen (secondary N) is 1. The van der Waals surface area contributed by atoms with Gasteiger partial charge in [0.1, 0.15) is 0 Å². The van der Waals surface area contributed by atoms with Gasteiger partial charge in [-0.05, 0) is 45.3 Å². The summed E-state index contributed by atoms with van der Waals surface area (Å²) < 4.78 is 0. The van der Waals surface area contributed by atoms with Gasteiger partial charge in [0.2, 0.25) is 0 Å². The standard InChI is InChI=1S/C14H29N5.HI/c1-18-7-3-8-19(11-10-18)9-6-16-14(15)17-12-13-4-2-5-13;/h13H,2-12H2,1H3,(H3,15,16,17);1H. The molecule has 20 heavy (non-hydrogen) atoms. The van der Waals surface area contributed by atoms with Crippen LogP contribution in [-0.4, -0.2) is 68.6 Å². The maximum absolute atomic E-state index is 5.88. The number of likely N-dealkylation sites (N-methyl/N-ethyl adjacent to an activating group) is 1. The second kappa shape index (κ2) is 9.78. The molecule has 0 atom stereocenters. The third kappa shape index (κ3) is 6.58. The van der Waals surface area contributed by atoms with E-state index in [2.05, 4.69) is 27.2 Å². The molecular weight excluding hydrogens is 365 g/mol. The molecule has 2 fully saturated rings. The molecule has 0 unspecified atom stereocenters. The van der Waals surface area contributed by atoms with Crippen molar-refractivity contribution in [2.45, 2.75) is 25.7 Å². The molecule has 1 saturated heterocycles. The molecular formula is C14H30IN5. The van der Waals surface area contributed by atoms with Crippen molar-refractivity contribution in [1.29, 1.82) is 0 Å². The number of nitrogens with two attached hydrogens (primary N) is 1. The van der Waals surface area contributed by atoms with Crippen LogP contribution in [-0.2, 0) is 0 Å². The van der Waals surface area contributed by atoms with E-state index in [1.807, 2.05) is 0 Å². The van der Waals surface area contributed by atoms with Crippen molar-refractivity contribution >= 4 is 29.9 Å². The lowest BCUT2D eigenvalue weighted by molar-refractivity contribution is 0.280. The van der Waals surface area contributed by atoms with E-state index < -0.39 is 0 Å². The zero-order valence-electron chi connectivity index (χ0n) is 12.7. The number of rotatable bonds is 5. The first-order valence-corrected chi connectivity index (χ1v) is 7.69. The summed E-state index contributed by atoms with van der Waals surface area (Å²) in [5.41, 5.74) is 5.88. The van der Waals surface area contributed by atoms with E-state index in [4.69, 9.17) is 5.73 Å². The van der Waals surface area contributed by atoms with Gasteiger partial charge in [0.25, 0.3) is 0 Å². The predicted molar refractivity (Wildman–Crippen MR) is 95.8 cm³/mol. The Hall–Kier alpha value is -0.0800. The summed E-state index contributed by atoms with van der Waals surface area (Å²) in [6.07, 6.45) is 5.30. The lowest BCUT2D eigenvalue weighted by Gasteiger charge is -2.23. The molecule has 0 spiro atoms. The van der Waals surface area contributed by atoms with Crippen LogP contribution in [0.5, 0.6) is 0 Å². The highest BCUT2D eigenvalue weighted by Gasteiger charge is 2.16. The molecule has 0 amide bonds. The summed E-state index contributed by atoms with van der Waals surface area (Å²) in [6, 6.07) is 0. The predicted octanol–water partition coefficient (Wildman–Crippen LogP) is 0.946. The number of halogens is 1. The highest BCUT2D eigenvalue weighted by Crippen LogP contribution is 2.26. The fourth-order valence-corrected chi connectivity index (χ4v) is 2.62. The quantitative estimate of drug-likeness (QED) is 0.414. The Bertz CT molecular complexity index is 293. The fraction of sp³-hybridized carbons (Fsp3) is 0.929. The van der Waals surface area contributed by atoms with Crippen LogP contribution in [0.2, 0.25) is 0 Å². The van der Waals surface area contributed by atoms with Gasteiger partial charge in [0.15, 0.2) is 5.96 Å². The summed E-state index contributed by atoms with van der Waals surface area (Å²) in [5, 5.41) is 3.24. The topological polar surface area (TPSA) is 56.9 Å². The lowest BCUT2D eigenvalue weighted by Crippen LogP contribution is -2.40. The molecule has 0 aromatic carbocycles. The van der Waals surface area contributed by atoms with Crippen LogP contribution < -0.4 is 11.1 Å². The Labute approximate surface area is 140 Å². The van der Waals surface area contributed by atoms with Gasteiger partial charge in [-0.15, -0.1) is 24.0 Å². The summed E-state index contributed by atoms with van der Waals surface area (Å²) in [6.45, 7) is 7.63. The van der Waals surface area contributed by atoms with Crippen LogP contribution in [0.4, 0.5) is 0 Å². The van der Waals surface area contributed by atoms with Gasteiger partial charge in [-0.25, -0.2) is 0 Å². The third-order valence-electron chi connectivity index (χ3n) is 4.29. The maximum Gasteiger partial charge on any atom is 0.188 e. The lowest BCUT2D eigenvalue weighted by atomic mass is 9.86. The number of nitrogens with zero attached hydrogens (tertiary/aromatic N) is 3. The van der Waals surface area contributed by atoms with E-state index in [-0.39, 0.29) is 24.0 Å². The first-order chi connectivity index (χ1) is 9.24. The summed E-state index contributed by atoms with van der Waals surface area (Å²) in [5.74, 6) is 1.42. The first-order valence-electron chi connectivity index (χ1n) is 7.69. The Morgan fingerprint density at radius 2 is 2.00 bits per heavy atom. The zero-order chi connectivity index (χ0) is 13.5. The summed E-state index contributed by atoms with van der Waals surface area (Å²) in [4.78, 5) is 9.33. The van der Waals surface area contributed by atoms with E-state index in [0.717, 1.165) is 32.1 Å². The largest absolute Gasteiger partial charge is 0.370 e. The second-order valence-corrected chi connectivity index (χ2v) is 5.95. The van der Waals surface area contributed by atoms with Gasteiger partial charge in [-0.3, -0.25) is 4.99 Å². The Morgan fingerprint density at radius 3 is 2.70 bits per heavy atom. The molecule has 1 aliphatic carbocycles. The highest BCUT2D eigenvalue weighted by molar-refractivity contribution is 14.0. The summed E-state index contributed by atoms with van der Waals surface area (Å²) in [7, 11) is 2.20. The molecule has 0 aromatic heterocycles. The first kappa shape index (κ1) is 18.0. The average Bonchev–Trinajstić information content (AvgIpc) is 2.52. The average molecular weight is 395 g/mol. The van der Waals surface area contributed by atoms with Crippen molar-refractivity contribution in [2.24, 2.45) is 16.6 Å². The maximum atomic E-state index is 5.88. The van der Waals surface area contributed by atoms with Crippen molar-refractivity contribution in [3.8, 4) is 0 Å². The van der Waals surface area contributed by atoms with E-state index in [0.29, 0.717) is 5.96 Å². The monoisotopic (exact) mass is 395 g/mol. The SMILES string of the molecule is CN1CCCN(CCNC(N)=NCC2CCC2)CC1.I. The van der Waals surface area contributed by atoms with Crippen molar-refractivity contribution < 1.29 is 0 Å². The second-order valence-electron chi connectivity index (χ2n) is 5.95. The van der Waals surface area contributed by atoms with Crippen LogP contribution >= 0.6 is 24.0 Å². The van der Waals surface area contributed by atoms with Gasteiger partial charge in [-0.1, -0.05) is 6.42 Å². The Balaban J connectivity index is 0.00000200. The minimum Gasteiger partial charge on any atom is -0.370 e. The van der Waals surface area contributed by atoms with Gasteiger partial charge in [-0.2, -0.15) is 0 Å². The molecule has 0 radical (unpaired) electrons. The van der Waals surface area contributed by atoms with Crippen LogP contribution in [0.25, 0.3) is 0 Å². The molecule has 5 nitrogen and oxygen atoms in total. The van der Waals surface area contributed by atoms with Crippen LogP contribution in [0.1, 0.15) is 25.7 Å². The van der Waals surface area contributed by atoms with Crippen LogP contribution in [0, 0.1) is 5.92 Å². The van der Waals surface area contributed by atoms with Crippen LogP contribution in [0.15, 0.2) is 4.99 Å². The molecule has 0 bridgehead atoms. The van der Waals surface area contributed by atoms with Crippen molar-refractivity contribution in [3.63, 3.8) is 0 Å². The van der Waals surface area contributed by atoms with E-state index in [1.165, 1.54) is 45.3 Å². The smallest absolute Gasteiger partial charge is 0.188 e. The molecule has 1 heterocycles. The van der Waals surface area contributed by atoms with E-state index in [9.17, 15) is 0 Å². The minimum absolute atomic E-state index is 0. The van der Waals surface area contributed by atoms with Crippen molar-refractivity contribution in [3.05, 3.63) is 0 Å². The van der Waals surface area contributed by atoms with Gasteiger partial charge in [0, 0.05) is 32.7 Å². The normalized spacial score (nSPS) is 22.8. The summed E-state index contributed by atoms with van der Waals surface area (Å²) >= 11 is 0. The number of guanidine groups is 1. The van der Waals surface area contributed by atoms with Crippen molar-refractivity contribution in [2.75, 3.05) is 52.9 Å². The third-order valence-corrected chi connectivity index (χ3v) is 4.29. The number of hydrogen-bond acceptors (Lipinski definition) is 3. The minimum atomic E-state index is 0. The van der Waals surface area contributed by atoms with Gasteiger partial charge in [0.05, 0.1) is 0 Å². The number of aliphatic imine (C=N–C) groups is 1. The zero-order valence-corrected chi connectivity index (χ0v) is 15.0. The fourth-order valence-electron chi connectivity index (χ4n) is 2.62. The van der Waals surface area contributed by atoms with E-state index in [1.54, 1.807) is 0 Å². The molecule has 1 aliphatic heterocycles. The van der Waals surface area contributed by atoms with Gasteiger partial charge < -0.3 is 20.9 Å². The highest BCUT2D eigenvalue weighted by atomic mass is 127. The molecule has 2 aliphatic rings. The molecule has 0 aromatic rings. The molecule has 118 valence electrons. The van der Waals surface area contributed by atoms with Crippen LogP contribution in [0.3, 0.4) is 0 Å². The van der Waals surface area contributed by atoms with Crippen molar-refractivity contribution in [1.82, 2.24) is 15.1 Å². The molecule has 3 N–H and O–H groups in total. The van der Waals surface area contributed by atoms with E-state index >= 15 is 0 Å². The Morgan fingerprint density at radius 1 is 1.20 bits per heavy atom. The molecule has 6 heteroatoms. The van der Waals surface area contributed by atoms with Gasteiger partial charge >= 0.3 is 0 Å². The molecule has 2 rings (SSSR count). The molecule has 1 saturated carbocycles. The number of hydrogen-bond donors (Lipinski definition) is 2.